The Morgan fingerprint density at radius 1 is 1.15 bits per heavy atom. The maximum atomic E-state index is 13.5. The van der Waals surface area contributed by atoms with Crippen LogP contribution < -0.4 is 4.74 Å². The molecular weight excluding hydrogens is 335 g/mol. The number of rotatable bonds is 6. The molecule has 1 heterocycles. The molecule has 0 spiro atoms. The molecule has 1 saturated carbocycles. The zero-order valence-electron chi connectivity index (χ0n) is 15.3. The fourth-order valence-electron chi connectivity index (χ4n) is 3.86. The highest BCUT2D eigenvalue weighted by Gasteiger charge is 2.28. The van der Waals surface area contributed by atoms with Crippen LogP contribution in [0.15, 0.2) is 24.3 Å². The molecular formula is C20H29FN2O3. The highest BCUT2D eigenvalue weighted by molar-refractivity contribution is 5.79. The van der Waals surface area contributed by atoms with Crippen LogP contribution in [0.1, 0.15) is 32.1 Å². The van der Waals surface area contributed by atoms with Gasteiger partial charge in [0.1, 0.15) is 12.7 Å². The lowest BCUT2D eigenvalue weighted by Crippen LogP contribution is -2.52. The molecule has 2 aliphatic rings. The van der Waals surface area contributed by atoms with Crippen LogP contribution in [-0.2, 0) is 4.79 Å². The van der Waals surface area contributed by atoms with Gasteiger partial charge in [-0.2, -0.15) is 0 Å². The summed E-state index contributed by atoms with van der Waals surface area (Å²) in [6, 6.07) is 6.20. The van der Waals surface area contributed by atoms with Gasteiger partial charge in [-0.1, -0.05) is 31.4 Å². The minimum atomic E-state index is -0.685. The van der Waals surface area contributed by atoms with Gasteiger partial charge in [0.15, 0.2) is 11.6 Å². The first-order valence-electron chi connectivity index (χ1n) is 9.70. The number of para-hydroxylation sites is 1. The number of aliphatic hydroxyl groups is 1. The van der Waals surface area contributed by atoms with Crippen LogP contribution in [-0.4, -0.2) is 66.2 Å². The van der Waals surface area contributed by atoms with E-state index in [9.17, 15) is 14.3 Å². The Morgan fingerprint density at radius 2 is 1.85 bits per heavy atom. The first kappa shape index (κ1) is 19.1. The van der Waals surface area contributed by atoms with Crippen molar-refractivity contribution in [3.05, 3.63) is 30.1 Å². The van der Waals surface area contributed by atoms with E-state index in [4.69, 9.17) is 4.74 Å². The van der Waals surface area contributed by atoms with Gasteiger partial charge < -0.3 is 14.7 Å². The number of hydrogen-bond acceptors (Lipinski definition) is 4. The van der Waals surface area contributed by atoms with Gasteiger partial charge in [-0.05, 0) is 25.0 Å². The van der Waals surface area contributed by atoms with E-state index in [0.717, 1.165) is 39.0 Å². The van der Waals surface area contributed by atoms with Crippen molar-refractivity contribution in [1.82, 2.24) is 9.80 Å². The van der Waals surface area contributed by atoms with Gasteiger partial charge >= 0.3 is 0 Å². The van der Waals surface area contributed by atoms with Crippen LogP contribution in [0, 0.1) is 11.7 Å². The van der Waals surface area contributed by atoms with Crippen LogP contribution in [0.5, 0.6) is 5.75 Å². The molecule has 2 fully saturated rings. The van der Waals surface area contributed by atoms with Gasteiger partial charge in [0.05, 0.1) is 0 Å². The third-order valence-corrected chi connectivity index (χ3v) is 5.38. The summed E-state index contributed by atoms with van der Waals surface area (Å²) in [5.74, 6) is 0.270. The summed E-state index contributed by atoms with van der Waals surface area (Å²) in [4.78, 5) is 16.7. The molecule has 3 rings (SSSR count). The Labute approximate surface area is 154 Å². The summed E-state index contributed by atoms with van der Waals surface area (Å²) < 4.78 is 18.9. The average molecular weight is 364 g/mol. The highest BCUT2D eigenvalue weighted by atomic mass is 19.1. The van der Waals surface area contributed by atoms with E-state index in [-0.39, 0.29) is 18.3 Å². The lowest BCUT2D eigenvalue weighted by molar-refractivity contribution is -0.138. The van der Waals surface area contributed by atoms with E-state index in [1.807, 2.05) is 4.90 Å². The molecule has 0 aromatic heterocycles. The Morgan fingerprint density at radius 3 is 2.54 bits per heavy atom. The number of ether oxygens (including phenoxy) is 1. The second-order valence-electron chi connectivity index (χ2n) is 7.36. The average Bonchev–Trinajstić information content (AvgIpc) is 2.68. The minimum Gasteiger partial charge on any atom is -0.488 e. The zero-order chi connectivity index (χ0) is 18.4. The number of carbonyl (C=O) groups is 1. The molecule has 1 amide bonds. The molecule has 1 aromatic carbocycles. The normalized spacial score (nSPS) is 20.8. The predicted molar refractivity (Wildman–Crippen MR) is 97.5 cm³/mol. The van der Waals surface area contributed by atoms with Crippen molar-refractivity contribution in [3.63, 3.8) is 0 Å². The number of benzene rings is 1. The Kier molecular flexibility index (Phi) is 6.86. The van der Waals surface area contributed by atoms with Crippen molar-refractivity contribution in [3.8, 4) is 5.75 Å². The van der Waals surface area contributed by atoms with E-state index in [0.29, 0.717) is 12.5 Å². The molecule has 1 aliphatic carbocycles. The number of halogens is 1. The topological polar surface area (TPSA) is 53.0 Å². The van der Waals surface area contributed by atoms with Crippen LogP contribution in [0.2, 0.25) is 0 Å². The van der Waals surface area contributed by atoms with E-state index >= 15 is 0 Å². The summed E-state index contributed by atoms with van der Waals surface area (Å²) in [6.07, 6.45) is 4.98. The standard InChI is InChI=1S/C20H29FN2O3/c21-18-8-4-5-9-19(18)26-15-17(24)14-22-10-12-23(13-11-22)20(25)16-6-2-1-3-7-16/h4-5,8-9,16-17,24H,1-3,6-7,10-15H2. The Balaban J connectivity index is 1.38. The maximum Gasteiger partial charge on any atom is 0.225 e. The van der Waals surface area contributed by atoms with Gasteiger partial charge in [0.2, 0.25) is 5.91 Å². The zero-order valence-corrected chi connectivity index (χ0v) is 15.3. The summed E-state index contributed by atoms with van der Waals surface area (Å²) in [5, 5.41) is 10.2. The number of amides is 1. The van der Waals surface area contributed by atoms with Crippen molar-refractivity contribution in [1.29, 1.82) is 0 Å². The lowest BCUT2D eigenvalue weighted by atomic mass is 9.88. The van der Waals surface area contributed by atoms with E-state index in [2.05, 4.69) is 4.90 Å². The Hall–Kier alpha value is -1.66. The van der Waals surface area contributed by atoms with Gasteiger partial charge in [-0.3, -0.25) is 9.69 Å². The molecule has 1 aromatic rings. The summed E-state index contributed by atoms with van der Waals surface area (Å²) in [5.41, 5.74) is 0. The number of β-amino-alcohol motifs (C(OH)–C–C–N with tert-alkyl or cyclic N) is 1. The smallest absolute Gasteiger partial charge is 0.225 e. The van der Waals surface area contributed by atoms with Gasteiger partial charge in [-0.15, -0.1) is 0 Å². The SMILES string of the molecule is O=C(C1CCCCC1)N1CCN(CC(O)COc2ccccc2F)CC1. The van der Waals surface area contributed by atoms with Gasteiger partial charge in [0.25, 0.3) is 0 Å². The first-order valence-corrected chi connectivity index (χ1v) is 9.70. The molecule has 1 saturated heterocycles. The summed E-state index contributed by atoms with van der Waals surface area (Å²) >= 11 is 0. The lowest BCUT2D eigenvalue weighted by Gasteiger charge is -2.37. The molecule has 6 heteroatoms. The van der Waals surface area contributed by atoms with Crippen molar-refractivity contribution >= 4 is 5.91 Å². The van der Waals surface area contributed by atoms with E-state index < -0.39 is 11.9 Å². The molecule has 0 bridgehead atoms. The third-order valence-electron chi connectivity index (χ3n) is 5.38. The fraction of sp³-hybridized carbons (Fsp3) is 0.650. The number of carbonyl (C=O) groups excluding carboxylic acids is 1. The maximum absolute atomic E-state index is 13.5. The van der Waals surface area contributed by atoms with Crippen LogP contribution in [0.25, 0.3) is 0 Å². The largest absolute Gasteiger partial charge is 0.488 e. The molecule has 1 N–H and O–H groups in total. The molecule has 26 heavy (non-hydrogen) atoms. The molecule has 1 aliphatic heterocycles. The van der Waals surface area contributed by atoms with Crippen LogP contribution in [0.3, 0.4) is 0 Å². The quantitative estimate of drug-likeness (QED) is 0.842. The van der Waals surface area contributed by atoms with Gasteiger partial charge in [-0.25, -0.2) is 4.39 Å². The van der Waals surface area contributed by atoms with Crippen molar-refractivity contribution in [2.45, 2.75) is 38.2 Å². The van der Waals surface area contributed by atoms with Crippen molar-refractivity contribution in [2.75, 3.05) is 39.3 Å². The van der Waals surface area contributed by atoms with Crippen molar-refractivity contribution in [2.24, 2.45) is 5.92 Å². The second kappa shape index (κ2) is 9.33. The second-order valence-corrected chi connectivity index (χ2v) is 7.36. The number of piperazine rings is 1. The fourth-order valence-corrected chi connectivity index (χ4v) is 3.86. The van der Waals surface area contributed by atoms with Crippen molar-refractivity contribution < 1.29 is 19.0 Å². The molecule has 5 nitrogen and oxygen atoms in total. The Bertz CT molecular complexity index is 584. The minimum absolute atomic E-state index is 0.0577. The van der Waals surface area contributed by atoms with E-state index in [1.54, 1.807) is 18.2 Å². The monoisotopic (exact) mass is 364 g/mol. The third kappa shape index (κ3) is 5.17. The number of nitrogens with zero attached hydrogens (tertiary/aromatic N) is 2. The highest BCUT2D eigenvalue weighted by Crippen LogP contribution is 2.25. The molecule has 1 atom stereocenters. The van der Waals surface area contributed by atoms with Crippen LogP contribution in [0.4, 0.5) is 4.39 Å². The molecule has 1 unspecified atom stereocenters. The summed E-state index contributed by atoms with van der Waals surface area (Å²) in [7, 11) is 0. The first-order chi connectivity index (χ1) is 12.6. The number of hydrogen-bond donors (Lipinski definition) is 1. The van der Waals surface area contributed by atoms with Crippen LogP contribution >= 0.6 is 0 Å². The summed E-state index contributed by atoms with van der Waals surface area (Å²) in [6.45, 7) is 3.49. The van der Waals surface area contributed by atoms with Gasteiger partial charge in [0, 0.05) is 38.6 Å². The predicted octanol–water partition coefficient (Wildman–Crippen LogP) is 2.29. The molecule has 0 radical (unpaired) electrons. The molecule has 144 valence electrons. The number of aliphatic hydroxyl groups excluding tert-OH is 1. The van der Waals surface area contributed by atoms with E-state index in [1.165, 1.54) is 25.3 Å².